The Morgan fingerprint density at radius 1 is 0.935 bits per heavy atom. The van der Waals surface area contributed by atoms with Crippen LogP contribution in [0, 0.1) is 0 Å². The quantitative estimate of drug-likeness (QED) is 0.508. The van der Waals surface area contributed by atoms with Crippen LogP contribution in [0.1, 0.15) is 44.7 Å². The Morgan fingerprint density at radius 3 is 2.23 bits per heavy atom. The van der Waals surface area contributed by atoms with Crippen LogP contribution in [0.25, 0.3) is 21.9 Å². The van der Waals surface area contributed by atoms with E-state index in [1.165, 1.54) is 0 Å². The van der Waals surface area contributed by atoms with E-state index >= 15 is 0 Å². The highest BCUT2D eigenvalue weighted by molar-refractivity contribution is 6.01. The molecule has 0 bridgehead atoms. The van der Waals surface area contributed by atoms with Crippen molar-refractivity contribution in [3.05, 3.63) is 58.0 Å². The van der Waals surface area contributed by atoms with Crippen molar-refractivity contribution in [2.75, 3.05) is 13.2 Å². The van der Waals surface area contributed by atoms with Gasteiger partial charge >= 0.3 is 0 Å². The molecule has 0 amide bonds. The molecule has 3 rings (SSSR count). The number of rotatable bonds is 10. The molecule has 0 aliphatic carbocycles. The zero-order valence-corrected chi connectivity index (χ0v) is 18.5. The summed E-state index contributed by atoms with van der Waals surface area (Å²) in [5, 5.41) is 21.8. The Bertz CT molecular complexity index is 1100. The van der Waals surface area contributed by atoms with E-state index in [2.05, 4.69) is 6.92 Å². The van der Waals surface area contributed by atoms with Gasteiger partial charge in [-0.3, -0.25) is 4.79 Å². The number of aliphatic hydroxyl groups excluding tert-OH is 2. The highest BCUT2D eigenvalue weighted by Crippen LogP contribution is 2.40. The molecule has 31 heavy (non-hydrogen) atoms. The molecule has 0 saturated carbocycles. The average Bonchev–Trinajstić information content (AvgIpc) is 2.77. The van der Waals surface area contributed by atoms with Gasteiger partial charge in [-0.05, 0) is 77.6 Å². The van der Waals surface area contributed by atoms with Crippen LogP contribution in [0.3, 0.4) is 0 Å². The van der Waals surface area contributed by atoms with E-state index < -0.39 is 0 Å². The maximum atomic E-state index is 12.7. The summed E-state index contributed by atoms with van der Waals surface area (Å²) in [6, 6.07) is 9.12. The predicted molar refractivity (Wildman–Crippen MR) is 123 cm³/mol. The lowest BCUT2D eigenvalue weighted by atomic mass is 9.90. The van der Waals surface area contributed by atoms with Crippen molar-refractivity contribution in [3.63, 3.8) is 0 Å². The molecule has 0 atom stereocenters. The first-order valence-electron chi connectivity index (χ1n) is 10.9. The van der Waals surface area contributed by atoms with Crippen LogP contribution < -0.4 is 15.0 Å². The third-order valence-electron chi connectivity index (χ3n) is 5.37. The SMILES string of the molecule is CCCCn1ccc(-c2c(CO)c(CO)cc3cc(OCC)c(OCC)cc23)cc1=O. The summed E-state index contributed by atoms with van der Waals surface area (Å²) in [5.41, 5.74) is 2.56. The molecule has 6 nitrogen and oxygen atoms in total. The summed E-state index contributed by atoms with van der Waals surface area (Å²) >= 11 is 0. The van der Waals surface area contributed by atoms with Crippen molar-refractivity contribution in [2.45, 2.75) is 53.4 Å². The van der Waals surface area contributed by atoms with Gasteiger partial charge < -0.3 is 24.3 Å². The maximum absolute atomic E-state index is 12.7. The number of ether oxygens (including phenoxy) is 2. The maximum Gasteiger partial charge on any atom is 0.251 e. The number of aryl methyl sites for hydroxylation is 1. The topological polar surface area (TPSA) is 80.9 Å². The summed E-state index contributed by atoms with van der Waals surface area (Å²) in [6.45, 7) is 7.09. The van der Waals surface area contributed by atoms with Crippen LogP contribution >= 0.6 is 0 Å². The van der Waals surface area contributed by atoms with Crippen molar-refractivity contribution in [2.24, 2.45) is 0 Å². The van der Waals surface area contributed by atoms with E-state index in [0.717, 1.165) is 29.2 Å². The molecule has 0 aliphatic rings. The second-order valence-corrected chi connectivity index (χ2v) is 7.39. The third-order valence-corrected chi connectivity index (χ3v) is 5.37. The fourth-order valence-electron chi connectivity index (χ4n) is 3.87. The molecule has 0 radical (unpaired) electrons. The van der Waals surface area contributed by atoms with E-state index in [4.69, 9.17) is 9.47 Å². The number of benzene rings is 2. The summed E-state index contributed by atoms with van der Waals surface area (Å²) in [4.78, 5) is 12.7. The van der Waals surface area contributed by atoms with E-state index in [1.807, 2.05) is 38.1 Å². The number of hydrogen-bond donors (Lipinski definition) is 2. The van der Waals surface area contributed by atoms with Gasteiger partial charge in [-0.25, -0.2) is 0 Å². The van der Waals surface area contributed by atoms with Crippen LogP contribution in [0.15, 0.2) is 41.3 Å². The molecule has 1 heterocycles. The molecule has 0 fully saturated rings. The molecule has 3 aromatic rings. The van der Waals surface area contributed by atoms with E-state index in [0.29, 0.717) is 47.9 Å². The highest BCUT2D eigenvalue weighted by Gasteiger charge is 2.18. The fraction of sp³-hybridized carbons (Fsp3) is 0.400. The lowest BCUT2D eigenvalue weighted by Crippen LogP contribution is -2.18. The molecule has 1 aromatic heterocycles. The second kappa shape index (κ2) is 10.5. The second-order valence-electron chi connectivity index (χ2n) is 7.39. The number of aromatic nitrogens is 1. The van der Waals surface area contributed by atoms with Crippen LogP contribution in [0.2, 0.25) is 0 Å². The van der Waals surface area contributed by atoms with Crippen molar-refractivity contribution in [3.8, 4) is 22.6 Å². The lowest BCUT2D eigenvalue weighted by molar-refractivity contribution is 0.260. The van der Waals surface area contributed by atoms with Gasteiger partial charge in [0.15, 0.2) is 11.5 Å². The molecule has 2 N–H and O–H groups in total. The fourth-order valence-corrected chi connectivity index (χ4v) is 3.87. The number of pyridine rings is 1. The van der Waals surface area contributed by atoms with Gasteiger partial charge in [-0.2, -0.15) is 0 Å². The standard InChI is InChI=1S/C25H31NO5/c1-4-7-9-26-10-8-17(13-24(26)29)25-20-14-23(31-6-3)22(30-5-2)12-18(20)11-19(15-27)21(25)16-28/h8,10-14,27-28H,4-7,9,15-16H2,1-3H3. The minimum absolute atomic E-state index is 0.0895. The smallest absolute Gasteiger partial charge is 0.251 e. The first-order chi connectivity index (χ1) is 15.1. The van der Waals surface area contributed by atoms with Crippen LogP contribution in [0.5, 0.6) is 11.5 Å². The molecule has 0 spiro atoms. The van der Waals surface area contributed by atoms with Gasteiger partial charge in [-0.15, -0.1) is 0 Å². The zero-order valence-electron chi connectivity index (χ0n) is 18.5. The first kappa shape index (κ1) is 22.8. The number of hydrogen-bond acceptors (Lipinski definition) is 5. The number of fused-ring (bicyclic) bond motifs is 1. The van der Waals surface area contributed by atoms with Crippen LogP contribution in [0.4, 0.5) is 0 Å². The molecule has 2 aromatic carbocycles. The van der Waals surface area contributed by atoms with Gasteiger partial charge in [0.25, 0.3) is 5.56 Å². The highest BCUT2D eigenvalue weighted by atomic mass is 16.5. The molecule has 0 aliphatic heterocycles. The molecular weight excluding hydrogens is 394 g/mol. The average molecular weight is 426 g/mol. The Labute approximate surface area is 182 Å². The van der Waals surface area contributed by atoms with Gasteiger partial charge in [0.1, 0.15) is 0 Å². The van der Waals surface area contributed by atoms with Crippen molar-refractivity contribution in [1.82, 2.24) is 4.57 Å². The minimum Gasteiger partial charge on any atom is -0.490 e. The molecule has 0 saturated heterocycles. The Kier molecular flexibility index (Phi) is 7.71. The summed E-state index contributed by atoms with van der Waals surface area (Å²) in [6.07, 6.45) is 3.74. The molecule has 166 valence electrons. The summed E-state index contributed by atoms with van der Waals surface area (Å²) < 4.78 is 13.3. The molecule has 6 heteroatoms. The number of aliphatic hydroxyl groups is 2. The van der Waals surface area contributed by atoms with Gasteiger partial charge in [0.2, 0.25) is 0 Å². The first-order valence-corrected chi connectivity index (χ1v) is 10.9. The van der Waals surface area contributed by atoms with Gasteiger partial charge in [-0.1, -0.05) is 13.3 Å². The predicted octanol–water partition coefficient (Wildman–Crippen LogP) is 4.25. The molecule has 0 unspecified atom stereocenters. The van der Waals surface area contributed by atoms with Crippen LogP contribution in [-0.4, -0.2) is 28.0 Å². The summed E-state index contributed by atoms with van der Waals surface area (Å²) in [5.74, 6) is 1.23. The Hall–Kier alpha value is -2.83. The number of unbranched alkanes of at least 4 members (excludes halogenated alkanes) is 1. The molecular formula is C25H31NO5. The van der Waals surface area contributed by atoms with E-state index in [1.54, 1.807) is 16.8 Å². The van der Waals surface area contributed by atoms with Crippen molar-refractivity contribution in [1.29, 1.82) is 0 Å². The van der Waals surface area contributed by atoms with Crippen LogP contribution in [-0.2, 0) is 19.8 Å². The monoisotopic (exact) mass is 425 g/mol. The van der Waals surface area contributed by atoms with Crippen molar-refractivity contribution < 1.29 is 19.7 Å². The lowest BCUT2D eigenvalue weighted by Gasteiger charge is -2.19. The third kappa shape index (κ3) is 4.75. The van der Waals surface area contributed by atoms with E-state index in [-0.39, 0.29) is 18.8 Å². The van der Waals surface area contributed by atoms with Crippen molar-refractivity contribution >= 4 is 10.8 Å². The van der Waals surface area contributed by atoms with Gasteiger partial charge in [0.05, 0.1) is 26.4 Å². The van der Waals surface area contributed by atoms with E-state index in [9.17, 15) is 15.0 Å². The normalized spacial score (nSPS) is 11.1. The Morgan fingerprint density at radius 2 is 1.65 bits per heavy atom. The van der Waals surface area contributed by atoms with Gasteiger partial charge in [0, 0.05) is 18.8 Å². The minimum atomic E-state index is -0.253. The number of nitrogens with zero attached hydrogens (tertiary/aromatic N) is 1. The Balaban J connectivity index is 2.30. The largest absolute Gasteiger partial charge is 0.490 e. The summed E-state index contributed by atoms with van der Waals surface area (Å²) in [7, 11) is 0. The zero-order chi connectivity index (χ0) is 22.4.